The summed E-state index contributed by atoms with van der Waals surface area (Å²) in [6.45, 7) is 7.71. The lowest BCUT2D eigenvalue weighted by Gasteiger charge is -2.31. The fourth-order valence-corrected chi connectivity index (χ4v) is 2.07. The van der Waals surface area contributed by atoms with E-state index in [4.69, 9.17) is 10.5 Å². The fraction of sp³-hybridized carbons (Fsp3) is 0.500. The molecule has 1 unspecified atom stereocenters. The van der Waals surface area contributed by atoms with E-state index < -0.39 is 11.4 Å². The van der Waals surface area contributed by atoms with Crippen LogP contribution < -0.4 is 15.8 Å². The third kappa shape index (κ3) is 2.82. The van der Waals surface area contributed by atoms with Gasteiger partial charge in [-0.3, -0.25) is 10.1 Å². The minimum absolute atomic E-state index is 0.132. The van der Waals surface area contributed by atoms with Gasteiger partial charge in [0, 0.05) is 11.6 Å². The fourth-order valence-electron chi connectivity index (χ4n) is 2.07. The summed E-state index contributed by atoms with van der Waals surface area (Å²) < 4.78 is 5.33. The van der Waals surface area contributed by atoms with Crippen molar-refractivity contribution < 1.29 is 9.53 Å². The van der Waals surface area contributed by atoms with Crippen LogP contribution in [0.2, 0.25) is 0 Å². The number of carbonyl (C=O) groups excluding carboxylic acids is 1. The quantitative estimate of drug-likeness (QED) is 0.836. The Bertz CT molecular complexity index is 443. The Labute approximate surface area is 109 Å². The van der Waals surface area contributed by atoms with Crippen molar-refractivity contribution >= 4 is 5.91 Å². The van der Waals surface area contributed by atoms with Crippen molar-refractivity contribution in [2.24, 2.45) is 5.73 Å². The Balaban J connectivity index is 3.37. The summed E-state index contributed by atoms with van der Waals surface area (Å²) in [6.07, 6.45) is 0. The molecule has 1 atom stereocenters. The van der Waals surface area contributed by atoms with E-state index in [9.17, 15) is 4.79 Å². The monoisotopic (exact) mass is 250 g/mol. The maximum Gasteiger partial charge on any atom is 0.242 e. The minimum Gasteiger partial charge on any atom is -0.496 e. The SMILES string of the molecule is COc1ccc(C)cc1C(C)(NC(C)C)C(N)=O. The van der Waals surface area contributed by atoms with Gasteiger partial charge in [0.15, 0.2) is 0 Å². The molecule has 0 saturated carbocycles. The third-order valence-corrected chi connectivity index (χ3v) is 2.96. The van der Waals surface area contributed by atoms with E-state index in [-0.39, 0.29) is 6.04 Å². The highest BCUT2D eigenvalue weighted by Crippen LogP contribution is 2.31. The van der Waals surface area contributed by atoms with E-state index >= 15 is 0 Å². The summed E-state index contributed by atoms with van der Waals surface area (Å²) in [7, 11) is 1.59. The van der Waals surface area contributed by atoms with E-state index in [2.05, 4.69) is 5.32 Å². The Morgan fingerprint density at radius 2 is 2.06 bits per heavy atom. The number of nitrogens with two attached hydrogens (primary N) is 1. The van der Waals surface area contributed by atoms with E-state index in [0.717, 1.165) is 11.1 Å². The predicted octanol–water partition coefficient (Wildman–Crippen LogP) is 1.70. The zero-order valence-corrected chi connectivity index (χ0v) is 11.7. The summed E-state index contributed by atoms with van der Waals surface area (Å²) >= 11 is 0. The number of amides is 1. The lowest BCUT2D eigenvalue weighted by atomic mass is 9.88. The van der Waals surface area contributed by atoms with Crippen molar-refractivity contribution in [1.29, 1.82) is 0 Å². The van der Waals surface area contributed by atoms with Crippen molar-refractivity contribution in [1.82, 2.24) is 5.32 Å². The molecule has 4 heteroatoms. The second-order valence-electron chi connectivity index (χ2n) is 4.99. The van der Waals surface area contributed by atoms with Crippen molar-refractivity contribution in [3.8, 4) is 5.75 Å². The number of ether oxygens (including phenoxy) is 1. The first-order valence-electron chi connectivity index (χ1n) is 6.04. The average molecular weight is 250 g/mol. The smallest absolute Gasteiger partial charge is 0.242 e. The summed E-state index contributed by atoms with van der Waals surface area (Å²) in [5.74, 6) is 0.246. The zero-order valence-electron chi connectivity index (χ0n) is 11.7. The number of rotatable bonds is 5. The number of methoxy groups -OCH3 is 1. The molecule has 0 aliphatic heterocycles. The lowest BCUT2D eigenvalue weighted by Crippen LogP contribution is -2.53. The van der Waals surface area contributed by atoms with Crippen LogP contribution in [0.15, 0.2) is 18.2 Å². The van der Waals surface area contributed by atoms with E-state index in [1.54, 1.807) is 14.0 Å². The van der Waals surface area contributed by atoms with Gasteiger partial charge in [-0.1, -0.05) is 11.6 Å². The summed E-state index contributed by atoms with van der Waals surface area (Å²) in [5, 5.41) is 3.22. The van der Waals surface area contributed by atoms with Gasteiger partial charge in [0.05, 0.1) is 7.11 Å². The molecule has 0 saturated heterocycles. The van der Waals surface area contributed by atoms with Gasteiger partial charge in [-0.15, -0.1) is 0 Å². The van der Waals surface area contributed by atoms with E-state index in [1.165, 1.54) is 0 Å². The molecule has 1 amide bonds. The molecular weight excluding hydrogens is 228 g/mol. The van der Waals surface area contributed by atoms with Crippen LogP contribution in [0.25, 0.3) is 0 Å². The second-order valence-corrected chi connectivity index (χ2v) is 4.99. The number of benzene rings is 1. The highest BCUT2D eigenvalue weighted by Gasteiger charge is 2.36. The van der Waals surface area contributed by atoms with Gasteiger partial charge >= 0.3 is 0 Å². The maximum absolute atomic E-state index is 11.8. The highest BCUT2D eigenvalue weighted by molar-refractivity contribution is 5.86. The van der Waals surface area contributed by atoms with Crippen LogP contribution >= 0.6 is 0 Å². The van der Waals surface area contributed by atoms with Gasteiger partial charge in [-0.05, 0) is 39.8 Å². The van der Waals surface area contributed by atoms with Gasteiger partial charge in [0.1, 0.15) is 11.3 Å². The first kappa shape index (κ1) is 14.5. The molecule has 0 aliphatic rings. The number of hydrogen-bond acceptors (Lipinski definition) is 3. The largest absolute Gasteiger partial charge is 0.496 e. The number of hydrogen-bond donors (Lipinski definition) is 2. The minimum atomic E-state index is -0.939. The van der Waals surface area contributed by atoms with Gasteiger partial charge in [-0.2, -0.15) is 0 Å². The molecule has 1 aromatic carbocycles. The Morgan fingerprint density at radius 3 is 2.50 bits per heavy atom. The Hall–Kier alpha value is -1.55. The van der Waals surface area contributed by atoms with Crippen LogP contribution in [-0.4, -0.2) is 19.1 Å². The molecule has 0 aromatic heterocycles. The molecule has 1 rings (SSSR count). The van der Waals surface area contributed by atoms with Crippen LogP contribution in [-0.2, 0) is 10.3 Å². The van der Waals surface area contributed by atoms with Crippen LogP contribution in [0.5, 0.6) is 5.75 Å². The van der Waals surface area contributed by atoms with Crippen molar-refractivity contribution in [2.75, 3.05) is 7.11 Å². The topological polar surface area (TPSA) is 64.3 Å². The number of carbonyl (C=O) groups is 1. The van der Waals surface area contributed by atoms with Gasteiger partial charge < -0.3 is 10.5 Å². The van der Waals surface area contributed by atoms with Crippen molar-refractivity contribution in [2.45, 2.75) is 39.3 Å². The molecule has 1 aromatic rings. The van der Waals surface area contributed by atoms with Crippen LogP contribution in [0.4, 0.5) is 0 Å². The first-order valence-corrected chi connectivity index (χ1v) is 6.04. The molecule has 4 nitrogen and oxygen atoms in total. The third-order valence-electron chi connectivity index (χ3n) is 2.96. The predicted molar refractivity (Wildman–Crippen MR) is 72.5 cm³/mol. The summed E-state index contributed by atoms with van der Waals surface area (Å²) in [4.78, 5) is 11.8. The molecule has 18 heavy (non-hydrogen) atoms. The van der Waals surface area contributed by atoms with Crippen molar-refractivity contribution in [3.63, 3.8) is 0 Å². The summed E-state index contributed by atoms with van der Waals surface area (Å²) in [6, 6.07) is 5.86. The molecule has 3 N–H and O–H groups in total. The zero-order chi connectivity index (χ0) is 13.9. The Kier molecular flexibility index (Phi) is 4.35. The molecule has 0 aliphatic carbocycles. The molecule has 0 radical (unpaired) electrons. The lowest BCUT2D eigenvalue weighted by molar-refractivity contribution is -0.124. The van der Waals surface area contributed by atoms with Crippen LogP contribution in [0.3, 0.4) is 0 Å². The molecule has 0 heterocycles. The van der Waals surface area contributed by atoms with Gasteiger partial charge in [0.2, 0.25) is 5.91 Å². The molecular formula is C14H22N2O2. The maximum atomic E-state index is 11.8. The number of primary amides is 1. The number of nitrogens with one attached hydrogen (secondary N) is 1. The van der Waals surface area contributed by atoms with E-state index in [0.29, 0.717) is 5.75 Å². The van der Waals surface area contributed by atoms with Gasteiger partial charge in [0.25, 0.3) is 0 Å². The molecule has 100 valence electrons. The van der Waals surface area contributed by atoms with Crippen LogP contribution in [0, 0.1) is 6.92 Å². The van der Waals surface area contributed by atoms with Gasteiger partial charge in [-0.25, -0.2) is 0 Å². The highest BCUT2D eigenvalue weighted by atomic mass is 16.5. The summed E-state index contributed by atoms with van der Waals surface area (Å²) in [5.41, 5.74) is 6.46. The van der Waals surface area contributed by atoms with Crippen LogP contribution in [0.1, 0.15) is 31.9 Å². The first-order chi connectivity index (χ1) is 8.31. The number of aryl methyl sites for hydroxylation is 1. The normalized spacial score (nSPS) is 14.3. The molecule has 0 bridgehead atoms. The second kappa shape index (κ2) is 5.40. The molecule has 0 fully saturated rings. The van der Waals surface area contributed by atoms with Crippen molar-refractivity contribution in [3.05, 3.63) is 29.3 Å². The molecule has 0 spiro atoms. The standard InChI is InChI=1S/C14H22N2O2/c1-9(2)16-14(4,13(15)17)11-8-10(3)6-7-12(11)18-5/h6-9,16H,1-5H3,(H2,15,17). The average Bonchev–Trinajstić information content (AvgIpc) is 2.27. The Morgan fingerprint density at radius 1 is 1.44 bits per heavy atom. The van der Waals surface area contributed by atoms with E-state index in [1.807, 2.05) is 39.0 Å².